The fraction of sp³-hybridized carbons (Fsp3) is 0.250. The smallest absolute Gasteiger partial charge is 0.371 e. The van der Waals surface area contributed by atoms with Crippen molar-refractivity contribution >= 4 is 17.6 Å². The molecular formula is C16H17NO4. The van der Waals surface area contributed by atoms with Gasteiger partial charge in [-0.3, -0.25) is 4.79 Å². The van der Waals surface area contributed by atoms with Gasteiger partial charge in [0, 0.05) is 12.2 Å². The number of anilines is 1. The second kappa shape index (κ2) is 6.74. The Hall–Kier alpha value is -2.56. The molecule has 0 radical (unpaired) electrons. The number of nitrogens with zero attached hydrogens (tertiary/aromatic N) is 1. The zero-order chi connectivity index (χ0) is 15.2. The Kier molecular flexibility index (Phi) is 4.77. The monoisotopic (exact) mass is 287 g/mol. The summed E-state index contributed by atoms with van der Waals surface area (Å²) in [7, 11) is 0. The minimum absolute atomic E-state index is 0.0346. The lowest BCUT2D eigenvalue weighted by molar-refractivity contribution is 0.0660. The third kappa shape index (κ3) is 3.51. The summed E-state index contributed by atoms with van der Waals surface area (Å²) in [5, 5.41) is 8.86. The Balaban J connectivity index is 2.27. The lowest BCUT2D eigenvalue weighted by atomic mass is 10.2. The SMILES string of the molecule is CCCCN(C(=O)c1ccc(C(=O)O)o1)c1ccccc1. The highest BCUT2D eigenvalue weighted by Gasteiger charge is 2.21. The maximum Gasteiger partial charge on any atom is 0.371 e. The van der Waals surface area contributed by atoms with Gasteiger partial charge in [0.15, 0.2) is 5.76 Å². The first kappa shape index (κ1) is 14.8. The first-order valence-electron chi connectivity index (χ1n) is 6.83. The van der Waals surface area contributed by atoms with Crippen molar-refractivity contribution in [2.75, 3.05) is 11.4 Å². The molecule has 5 nitrogen and oxygen atoms in total. The molecule has 1 amide bonds. The Morgan fingerprint density at radius 1 is 1.10 bits per heavy atom. The van der Waals surface area contributed by atoms with Crippen molar-refractivity contribution in [2.45, 2.75) is 19.8 Å². The van der Waals surface area contributed by atoms with Gasteiger partial charge in [-0.05, 0) is 30.7 Å². The van der Waals surface area contributed by atoms with Crippen LogP contribution >= 0.6 is 0 Å². The van der Waals surface area contributed by atoms with Gasteiger partial charge < -0.3 is 14.4 Å². The molecule has 0 atom stereocenters. The molecule has 2 aromatic rings. The van der Waals surface area contributed by atoms with Crippen LogP contribution < -0.4 is 4.90 Å². The summed E-state index contributed by atoms with van der Waals surface area (Å²) >= 11 is 0. The first-order valence-corrected chi connectivity index (χ1v) is 6.83. The van der Waals surface area contributed by atoms with Crippen molar-refractivity contribution in [3.05, 3.63) is 54.0 Å². The van der Waals surface area contributed by atoms with E-state index in [1.807, 2.05) is 37.3 Å². The summed E-state index contributed by atoms with van der Waals surface area (Å²) in [4.78, 5) is 25.0. The lowest BCUT2D eigenvalue weighted by Gasteiger charge is -2.21. The molecule has 1 N–H and O–H groups in total. The highest BCUT2D eigenvalue weighted by Crippen LogP contribution is 2.19. The van der Waals surface area contributed by atoms with Gasteiger partial charge in [0.05, 0.1) is 0 Å². The molecule has 0 aliphatic rings. The largest absolute Gasteiger partial charge is 0.475 e. The molecule has 2 rings (SSSR count). The van der Waals surface area contributed by atoms with Gasteiger partial charge in [-0.25, -0.2) is 4.79 Å². The average Bonchev–Trinajstić information content (AvgIpc) is 2.98. The van der Waals surface area contributed by atoms with Crippen LogP contribution in [0.25, 0.3) is 0 Å². The molecule has 5 heteroatoms. The van der Waals surface area contributed by atoms with Gasteiger partial charge in [0.25, 0.3) is 5.91 Å². The number of unbranched alkanes of at least 4 members (excludes halogenated alkanes) is 1. The minimum Gasteiger partial charge on any atom is -0.475 e. The Morgan fingerprint density at radius 3 is 2.33 bits per heavy atom. The number of hydrogen-bond donors (Lipinski definition) is 1. The quantitative estimate of drug-likeness (QED) is 0.883. The van der Waals surface area contributed by atoms with E-state index < -0.39 is 5.97 Å². The molecule has 0 saturated heterocycles. The van der Waals surface area contributed by atoms with Crippen molar-refractivity contribution in [1.82, 2.24) is 0 Å². The Labute approximate surface area is 122 Å². The van der Waals surface area contributed by atoms with E-state index in [0.717, 1.165) is 18.5 Å². The molecular weight excluding hydrogens is 270 g/mol. The van der Waals surface area contributed by atoms with Crippen LogP contribution in [0.2, 0.25) is 0 Å². The molecule has 110 valence electrons. The van der Waals surface area contributed by atoms with Crippen LogP contribution in [0.4, 0.5) is 5.69 Å². The number of amides is 1. The van der Waals surface area contributed by atoms with E-state index in [9.17, 15) is 9.59 Å². The molecule has 0 bridgehead atoms. The topological polar surface area (TPSA) is 70.8 Å². The van der Waals surface area contributed by atoms with E-state index in [0.29, 0.717) is 6.54 Å². The lowest BCUT2D eigenvalue weighted by Crippen LogP contribution is -2.31. The van der Waals surface area contributed by atoms with Crippen LogP contribution in [0.1, 0.15) is 40.9 Å². The van der Waals surface area contributed by atoms with E-state index in [1.165, 1.54) is 12.1 Å². The molecule has 0 aliphatic carbocycles. The maximum absolute atomic E-state index is 12.5. The highest BCUT2D eigenvalue weighted by molar-refractivity contribution is 6.04. The van der Waals surface area contributed by atoms with E-state index in [2.05, 4.69) is 0 Å². The summed E-state index contributed by atoms with van der Waals surface area (Å²) < 4.78 is 5.10. The third-order valence-corrected chi connectivity index (χ3v) is 3.08. The standard InChI is InChI=1S/C16H17NO4/c1-2-3-11-17(12-7-5-4-6-8-12)15(18)13-9-10-14(21-13)16(19)20/h4-10H,2-3,11H2,1H3,(H,19,20). The number of carbonyl (C=O) groups is 2. The summed E-state index contributed by atoms with van der Waals surface area (Å²) in [5.74, 6) is -1.72. The van der Waals surface area contributed by atoms with E-state index in [-0.39, 0.29) is 17.4 Å². The molecule has 1 aromatic heterocycles. The second-order valence-electron chi connectivity index (χ2n) is 4.61. The normalized spacial score (nSPS) is 10.3. The number of aromatic carboxylic acids is 1. The van der Waals surface area contributed by atoms with Crippen LogP contribution in [-0.2, 0) is 0 Å². The number of hydrogen-bond acceptors (Lipinski definition) is 3. The van der Waals surface area contributed by atoms with E-state index >= 15 is 0 Å². The van der Waals surface area contributed by atoms with Crippen LogP contribution in [0, 0.1) is 0 Å². The number of carboxylic acids is 1. The summed E-state index contributed by atoms with van der Waals surface area (Å²) in [6, 6.07) is 12.0. The number of carbonyl (C=O) groups excluding carboxylic acids is 1. The number of furan rings is 1. The van der Waals surface area contributed by atoms with Crippen molar-refractivity contribution in [1.29, 1.82) is 0 Å². The van der Waals surface area contributed by atoms with Crippen LogP contribution in [0.5, 0.6) is 0 Å². The average molecular weight is 287 g/mol. The number of rotatable bonds is 6. The van der Waals surface area contributed by atoms with Gasteiger partial charge in [-0.15, -0.1) is 0 Å². The molecule has 0 unspecified atom stereocenters. The maximum atomic E-state index is 12.5. The van der Waals surface area contributed by atoms with Gasteiger partial charge in [-0.1, -0.05) is 31.5 Å². The zero-order valence-electron chi connectivity index (χ0n) is 11.8. The summed E-state index contributed by atoms with van der Waals surface area (Å²) in [6.07, 6.45) is 1.81. The first-order chi connectivity index (χ1) is 10.1. The number of benzene rings is 1. The van der Waals surface area contributed by atoms with E-state index in [4.69, 9.17) is 9.52 Å². The van der Waals surface area contributed by atoms with E-state index in [1.54, 1.807) is 4.90 Å². The van der Waals surface area contributed by atoms with Crippen molar-refractivity contribution in [2.24, 2.45) is 0 Å². The van der Waals surface area contributed by atoms with Crippen molar-refractivity contribution in [3.63, 3.8) is 0 Å². The van der Waals surface area contributed by atoms with Gasteiger partial charge in [0.2, 0.25) is 5.76 Å². The zero-order valence-corrected chi connectivity index (χ0v) is 11.8. The van der Waals surface area contributed by atoms with Gasteiger partial charge >= 0.3 is 5.97 Å². The van der Waals surface area contributed by atoms with Gasteiger partial charge in [0.1, 0.15) is 0 Å². The fourth-order valence-electron chi connectivity index (χ4n) is 1.97. The highest BCUT2D eigenvalue weighted by atomic mass is 16.4. The van der Waals surface area contributed by atoms with Crippen molar-refractivity contribution < 1.29 is 19.1 Å². The van der Waals surface area contributed by atoms with Crippen molar-refractivity contribution in [3.8, 4) is 0 Å². The third-order valence-electron chi connectivity index (χ3n) is 3.08. The minimum atomic E-state index is -1.19. The van der Waals surface area contributed by atoms with Gasteiger partial charge in [-0.2, -0.15) is 0 Å². The predicted molar refractivity (Wildman–Crippen MR) is 78.7 cm³/mol. The molecule has 0 fully saturated rings. The predicted octanol–water partition coefficient (Wildman–Crippen LogP) is 3.42. The van der Waals surface area contributed by atoms with Crippen LogP contribution in [0.3, 0.4) is 0 Å². The molecule has 0 aliphatic heterocycles. The number of para-hydroxylation sites is 1. The number of carboxylic acid groups (broad SMARTS) is 1. The molecule has 1 heterocycles. The Bertz CT molecular complexity index is 618. The van der Waals surface area contributed by atoms with Crippen LogP contribution in [-0.4, -0.2) is 23.5 Å². The van der Waals surface area contributed by atoms with Crippen LogP contribution in [0.15, 0.2) is 46.9 Å². The molecule has 1 aromatic carbocycles. The molecule has 0 saturated carbocycles. The molecule has 0 spiro atoms. The summed E-state index contributed by atoms with van der Waals surface area (Å²) in [5.41, 5.74) is 0.768. The molecule has 21 heavy (non-hydrogen) atoms. The Morgan fingerprint density at radius 2 is 1.76 bits per heavy atom. The summed E-state index contributed by atoms with van der Waals surface area (Å²) in [6.45, 7) is 2.60. The fourth-order valence-corrected chi connectivity index (χ4v) is 1.97. The second-order valence-corrected chi connectivity index (χ2v) is 4.61.